The number of aliphatic hydroxyl groups is 1. The summed E-state index contributed by atoms with van der Waals surface area (Å²) in [5.41, 5.74) is 2.25. The molecule has 3 aliphatic carbocycles. The number of carbonyl (C=O) groups is 1. The van der Waals surface area contributed by atoms with E-state index in [1.54, 1.807) is 0 Å². The Morgan fingerprint density at radius 1 is 1.05 bits per heavy atom. The Balaban J connectivity index is 1.22. The predicted molar refractivity (Wildman–Crippen MR) is 148 cm³/mol. The van der Waals surface area contributed by atoms with Gasteiger partial charge in [0, 0.05) is 30.6 Å². The summed E-state index contributed by atoms with van der Waals surface area (Å²) >= 11 is 0. The van der Waals surface area contributed by atoms with E-state index < -0.39 is 11.0 Å². The van der Waals surface area contributed by atoms with Gasteiger partial charge in [-0.15, -0.1) is 0 Å². The lowest BCUT2D eigenvalue weighted by Crippen LogP contribution is -2.78. The first-order chi connectivity index (χ1) is 19.0. The van der Waals surface area contributed by atoms with Crippen LogP contribution < -0.4 is 9.47 Å². The maximum absolute atomic E-state index is 13.5. The summed E-state index contributed by atoms with van der Waals surface area (Å²) in [6, 6.07) is 14.7. The minimum Gasteiger partial charge on any atom is -0.485 e. The molecule has 1 spiro atoms. The normalized spacial score (nSPS) is 36.6. The lowest BCUT2D eigenvalue weighted by Gasteiger charge is -2.64. The number of carbonyl (C=O) groups excluding carboxylic acids is 1. The second kappa shape index (κ2) is 8.71. The third-order valence-corrected chi connectivity index (χ3v) is 11.2. The molecule has 8 rings (SSSR count). The van der Waals surface area contributed by atoms with Crippen molar-refractivity contribution >= 4 is 5.91 Å². The van der Waals surface area contributed by atoms with Crippen LogP contribution >= 0.6 is 0 Å². The highest BCUT2D eigenvalue weighted by atomic mass is 16.5. The summed E-state index contributed by atoms with van der Waals surface area (Å²) in [7, 11) is 0. The molecule has 0 radical (unpaired) electrons. The molecular formula is C33H40N2O4. The third kappa shape index (κ3) is 3.37. The third-order valence-electron chi connectivity index (χ3n) is 11.2. The molecule has 0 aromatic heterocycles. The predicted octanol–water partition coefficient (Wildman–Crippen LogP) is 4.46. The van der Waals surface area contributed by atoms with Crippen molar-refractivity contribution < 1.29 is 19.4 Å². The van der Waals surface area contributed by atoms with Crippen molar-refractivity contribution in [3.63, 3.8) is 0 Å². The first-order valence-corrected chi connectivity index (χ1v) is 15.3. The summed E-state index contributed by atoms with van der Waals surface area (Å²) in [5.74, 6) is 2.77. The van der Waals surface area contributed by atoms with E-state index in [0.717, 1.165) is 81.1 Å². The second-order valence-corrected chi connectivity index (χ2v) is 13.1. The van der Waals surface area contributed by atoms with Crippen molar-refractivity contribution in [2.75, 3.05) is 19.6 Å². The van der Waals surface area contributed by atoms with E-state index in [9.17, 15) is 9.90 Å². The van der Waals surface area contributed by atoms with Crippen molar-refractivity contribution in [2.24, 2.45) is 11.8 Å². The number of benzene rings is 2. The zero-order valence-electron chi connectivity index (χ0n) is 23.0. The Labute approximate surface area is 231 Å². The van der Waals surface area contributed by atoms with E-state index in [2.05, 4.69) is 41.0 Å². The number of piperidine rings is 1. The Morgan fingerprint density at radius 2 is 1.90 bits per heavy atom. The molecule has 2 saturated heterocycles. The van der Waals surface area contributed by atoms with Crippen molar-refractivity contribution in [3.05, 3.63) is 59.2 Å². The molecule has 6 heteroatoms. The molecule has 2 aromatic rings. The van der Waals surface area contributed by atoms with Crippen LogP contribution in [0.15, 0.2) is 42.5 Å². The Hall–Kier alpha value is -2.57. The highest BCUT2D eigenvalue weighted by Crippen LogP contribution is 2.66. The molecule has 3 heterocycles. The lowest BCUT2D eigenvalue weighted by atomic mass is 9.48. The quantitative estimate of drug-likeness (QED) is 0.575. The lowest BCUT2D eigenvalue weighted by molar-refractivity contribution is -0.200. The van der Waals surface area contributed by atoms with E-state index in [4.69, 9.17) is 9.47 Å². The van der Waals surface area contributed by atoms with Gasteiger partial charge in [-0.2, -0.15) is 0 Å². The van der Waals surface area contributed by atoms with Gasteiger partial charge in [0.1, 0.15) is 12.7 Å². The first kappa shape index (κ1) is 24.2. The fraction of sp³-hybridized carbons (Fsp3) is 0.606. The van der Waals surface area contributed by atoms with Crippen LogP contribution in [-0.2, 0) is 23.2 Å². The number of amides is 1. The molecule has 2 unspecified atom stereocenters. The van der Waals surface area contributed by atoms with Crippen molar-refractivity contribution in [1.29, 1.82) is 0 Å². The minimum atomic E-state index is -0.857. The van der Waals surface area contributed by atoms with E-state index in [1.165, 1.54) is 24.0 Å². The van der Waals surface area contributed by atoms with Gasteiger partial charge < -0.3 is 19.5 Å². The first-order valence-electron chi connectivity index (χ1n) is 15.3. The van der Waals surface area contributed by atoms with Gasteiger partial charge in [0.25, 0.3) is 0 Å². The summed E-state index contributed by atoms with van der Waals surface area (Å²) in [5, 5.41) is 12.9. The van der Waals surface area contributed by atoms with Crippen LogP contribution in [0.25, 0.3) is 0 Å². The fourth-order valence-electron chi connectivity index (χ4n) is 9.08. The topological polar surface area (TPSA) is 62.2 Å². The summed E-state index contributed by atoms with van der Waals surface area (Å²) in [6.45, 7) is 5.48. The highest BCUT2D eigenvalue weighted by Gasteiger charge is 2.73. The Kier molecular flexibility index (Phi) is 5.42. The highest BCUT2D eigenvalue weighted by molar-refractivity contribution is 5.81. The molecule has 2 aromatic carbocycles. The second-order valence-electron chi connectivity index (χ2n) is 13.1. The minimum absolute atomic E-state index is 0.00900. The van der Waals surface area contributed by atoms with Gasteiger partial charge in [-0.1, -0.05) is 43.3 Å². The largest absolute Gasteiger partial charge is 0.485 e. The molecule has 39 heavy (non-hydrogen) atoms. The molecule has 1 amide bonds. The van der Waals surface area contributed by atoms with Crippen LogP contribution in [0.5, 0.6) is 11.5 Å². The summed E-state index contributed by atoms with van der Waals surface area (Å²) in [6.07, 6.45) is 7.46. The van der Waals surface area contributed by atoms with Gasteiger partial charge in [0.05, 0.1) is 17.1 Å². The molecule has 6 aliphatic rings. The van der Waals surface area contributed by atoms with Gasteiger partial charge in [0.2, 0.25) is 5.91 Å². The molecule has 6 atom stereocenters. The molecule has 6 nitrogen and oxygen atoms in total. The average molecular weight is 529 g/mol. The molecular weight excluding hydrogens is 488 g/mol. The smallest absolute Gasteiger partial charge is 0.226 e. The van der Waals surface area contributed by atoms with Gasteiger partial charge in [-0.3, -0.25) is 9.69 Å². The van der Waals surface area contributed by atoms with Crippen molar-refractivity contribution in [3.8, 4) is 11.5 Å². The van der Waals surface area contributed by atoms with E-state index >= 15 is 0 Å². The van der Waals surface area contributed by atoms with Crippen molar-refractivity contribution in [1.82, 2.24) is 9.80 Å². The van der Waals surface area contributed by atoms with Crippen LogP contribution in [0, 0.1) is 11.8 Å². The van der Waals surface area contributed by atoms with Crippen LogP contribution in [0.4, 0.5) is 0 Å². The van der Waals surface area contributed by atoms with Crippen LogP contribution in [0.1, 0.15) is 68.6 Å². The van der Waals surface area contributed by atoms with E-state index in [1.807, 2.05) is 18.2 Å². The summed E-state index contributed by atoms with van der Waals surface area (Å²) < 4.78 is 13.5. The Morgan fingerprint density at radius 3 is 2.67 bits per heavy atom. The molecule has 2 saturated carbocycles. The maximum Gasteiger partial charge on any atom is 0.226 e. The number of hydrogen-bond acceptors (Lipinski definition) is 5. The van der Waals surface area contributed by atoms with Gasteiger partial charge in [-0.05, 0) is 81.0 Å². The average Bonchev–Trinajstić information content (AvgIpc) is 3.59. The standard InChI is InChI=1S/C33H40N2O4/c1-2-23-13-16-35(31(23)36)25-12-14-33(37)27-18-24-10-11-26(38-20-22-6-4-3-5-7-22)29-28(24)32(33,30(25)39-29)15-17-34(27)19-21-8-9-21/h3-7,10-11,21,23,25,27,30,37H,2,8-9,12-20H2,1H3/t23?,25-,27+,30-,32-,33?/m0/s1. The molecule has 3 aliphatic heterocycles. The number of nitrogens with zero attached hydrogens (tertiary/aromatic N) is 2. The fourth-order valence-corrected chi connectivity index (χ4v) is 9.08. The SMILES string of the molecule is CCC1CCN([C@H]2CCC3(O)[C@H]4Cc5ccc(OCc6ccccc6)c6c5[C@@]3(CCN4CC3CC3)[C@H]2O6)C1=O. The monoisotopic (exact) mass is 528 g/mol. The van der Waals surface area contributed by atoms with Gasteiger partial charge >= 0.3 is 0 Å². The molecule has 4 fully saturated rings. The Bertz CT molecular complexity index is 1290. The summed E-state index contributed by atoms with van der Waals surface area (Å²) in [4.78, 5) is 18.2. The molecule has 2 bridgehead atoms. The van der Waals surface area contributed by atoms with E-state index in [0.29, 0.717) is 6.61 Å². The van der Waals surface area contributed by atoms with Crippen molar-refractivity contribution in [2.45, 2.75) is 94.1 Å². The molecule has 206 valence electrons. The zero-order valence-corrected chi connectivity index (χ0v) is 23.0. The van der Waals surface area contributed by atoms with Crippen LogP contribution in [-0.4, -0.2) is 64.2 Å². The number of rotatable bonds is 7. The number of ether oxygens (including phenoxy) is 2. The van der Waals surface area contributed by atoms with Gasteiger partial charge in [-0.25, -0.2) is 0 Å². The number of likely N-dealkylation sites (tertiary alicyclic amines) is 2. The molecule has 1 N–H and O–H groups in total. The van der Waals surface area contributed by atoms with Crippen LogP contribution in [0.2, 0.25) is 0 Å². The zero-order chi connectivity index (χ0) is 26.4. The van der Waals surface area contributed by atoms with Crippen LogP contribution in [0.3, 0.4) is 0 Å². The van der Waals surface area contributed by atoms with Gasteiger partial charge in [0.15, 0.2) is 11.5 Å². The van der Waals surface area contributed by atoms with E-state index in [-0.39, 0.29) is 30.0 Å². The number of hydrogen-bond donors (Lipinski definition) is 1. The maximum atomic E-state index is 13.5.